The summed E-state index contributed by atoms with van der Waals surface area (Å²) in [6, 6.07) is 16.2. The Hall–Kier alpha value is -2.53. The van der Waals surface area contributed by atoms with E-state index in [2.05, 4.69) is 42.3 Å². The summed E-state index contributed by atoms with van der Waals surface area (Å²) in [5.41, 5.74) is 5.70. The minimum Gasteiger partial charge on any atom is -0.355 e. The molecule has 5 heteroatoms. The zero-order valence-electron chi connectivity index (χ0n) is 15.7. The van der Waals surface area contributed by atoms with Crippen LogP contribution in [0.4, 0.5) is 11.4 Å². The van der Waals surface area contributed by atoms with Gasteiger partial charge >= 0.3 is 0 Å². The number of carbonyl (C=O) groups is 1. The number of anilines is 2. The van der Waals surface area contributed by atoms with Crippen molar-refractivity contribution in [3.8, 4) is 0 Å². The van der Waals surface area contributed by atoms with Gasteiger partial charge in [-0.1, -0.05) is 24.3 Å². The third kappa shape index (κ3) is 3.93. The average molecular weight is 378 g/mol. The van der Waals surface area contributed by atoms with Crippen molar-refractivity contribution >= 4 is 39.9 Å². The number of nitrogens with one attached hydrogen (secondary N) is 1. The number of nitrogens with zero attached hydrogens (tertiary/aromatic N) is 2. The maximum atomic E-state index is 13.0. The van der Waals surface area contributed by atoms with Gasteiger partial charge in [-0.05, 0) is 49.2 Å². The van der Waals surface area contributed by atoms with E-state index < -0.39 is 0 Å². The van der Waals surface area contributed by atoms with Gasteiger partial charge in [0.2, 0.25) is 0 Å². The molecule has 138 valence electrons. The molecule has 0 radical (unpaired) electrons. The van der Waals surface area contributed by atoms with E-state index in [4.69, 9.17) is 0 Å². The summed E-state index contributed by atoms with van der Waals surface area (Å²) in [5, 5.41) is 4.53. The second kappa shape index (κ2) is 7.61. The minimum atomic E-state index is 0.0181. The number of hydrogen-bond donors (Lipinski definition) is 1. The van der Waals surface area contributed by atoms with E-state index in [0.29, 0.717) is 5.69 Å². The molecule has 2 aromatic carbocycles. The summed E-state index contributed by atoms with van der Waals surface area (Å²) < 4.78 is 0. The van der Waals surface area contributed by atoms with Crippen molar-refractivity contribution in [3.05, 3.63) is 65.4 Å². The highest BCUT2D eigenvalue weighted by Crippen LogP contribution is 2.28. The second-order valence-corrected chi connectivity index (χ2v) is 8.20. The molecule has 1 amide bonds. The van der Waals surface area contributed by atoms with Crippen LogP contribution in [0.5, 0.6) is 0 Å². The van der Waals surface area contributed by atoms with Crippen LogP contribution in [-0.4, -0.2) is 40.4 Å². The summed E-state index contributed by atoms with van der Waals surface area (Å²) in [6.45, 7) is 5.76. The van der Waals surface area contributed by atoms with Crippen molar-refractivity contribution in [1.82, 2.24) is 9.88 Å². The Morgan fingerprint density at radius 1 is 1.04 bits per heavy atom. The number of amides is 1. The first-order valence-corrected chi connectivity index (χ1v) is 10.4. The molecular formula is C22H23N3OS. The van der Waals surface area contributed by atoms with E-state index in [9.17, 15) is 4.79 Å². The molecule has 2 heterocycles. The van der Waals surface area contributed by atoms with Crippen molar-refractivity contribution in [3.63, 3.8) is 0 Å². The number of carbonyl (C=O) groups excluding carboxylic acids is 1. The quantitative estimate of drug-likeness (QED) is 0.713. The van der Waals surface area contributed by atoms with Crippen molar-refractivity contribution in [2.24, 2.45) is 0 Å². The van der Waals surface area contributed by atoms with Gasteiger partial charge in [-0.25, -0.2) is 4.98 Å². The smallest absolute Gasteiger partial charge is 0.272 e. The number of benzene rings is 2. The van der Waals surface area contributed by atoms with E-state index >= 15 is 0 Å². The lowest BCUT2D eigenvalue weighted by atomic mass is 10.1. The zero-order chi connectivity index (χ0) is 18.8. The zero-order valence-corrected chi connectivity index (χ0v) is 16.5. The molecule has 1 aliphatic rings. The number of aromatic nitrogens is 1. The summed E-state index contributed by atoms with van der Waals surface area (Å²) >= 11 is 1.89. The highest BCUT2D eigenvalue weighted by atomic mass is 32.2. The Balaban J connectivity index is 1.75. The molecule has 0 unspecified atom stereocenters. The summed E-state index contributed by atoms with van der Waals surface area (Å²) in [4.78, 5) is 19.5. The fourth-order valence-corrected chi connectivity index (χ4v) is 4.42. The Kier molecular flexibility index (Phi) is 5.03. The summed E-state index contributed by atoms with van der Waals surface area (Å²) in [5.74, 6) is 2.00. The second-order valence-electron chi connectivity index (χ2n) is 6.98. The molecule has 1 N–H and O–H groups in total. The maximum Gasteiger partial charge on any atom is 0.272 e. The van der Waals surface area contributed by atoms with Crippen LogP contribution in [-0.2, 0) is 0 Å². The molecule has 4 rings (SSSR count). The molecule has 0 atom stereocenters. The van der Waals surface area contributed by atoms with E-state index in [1.807, 2.05) is 47.0 Å². The van der Waals surface area contributed by atoms with Gasteiger partial charge in [-0.3, -0.25) is 4.79 Å². The van der Waals surface area contributed by atoms with Gasteiger partial charge in [0.1, 0.15) is 5.69 Å². The fraction of sp³-hybridized carbons (Fsp3) is 0.273. The van der Waals surface area contributed by atoms with E-state index in [-0.39, 0.29) is 5.91 Å². The van der Waals surface area contributed by atoms with Crippen molar-refractivity contribution in [1.29, 1.82) is 0 Å². The van der Waals surface area contributed by atoms with Gasteiger partial charge in [0.25, 0.3) is 5.91 Å². The standard InChI is InChI=1S/C22H23N3OS/c1-15-11-16(2)13-17(12-15)23-20-14-21(22(26)25-7-9-27-10-8-25)24-19-6-4-3-5-18(19)20/h3-6,11-14H,7-10H2,1-2H3,(H,23,24). The molecule has 1 saturated heterocycles. The number of para-hydroxylation sites is 1. The fourth-order valence-electron chi connectivity index (χ4n) is 3.52. The molecule has 1 aromatic heterocycles. The molecule has 0 bridgehead atoms. The van der Waals surface area contributed by atoms with Crippen LogP contribution in [0, 0.1) is 13.8 Å². The SMILES string of the molecule is Cc1cc(C)cc(Nc2cc(C(=O)N3CCSCC3)nc3ccccc23)c1. The Morgan fingerprint density at radius 2 is 1.74 bits per heavy atom. The van der Waals surface area contributed by atoms with Gasteiger partial charge in [0.15, 0.2) is 0 Å². The maximum absolute atomic E-state index is 13.0. The Labute approximate surface area is 164 Å². The molecule has 0 saturated carbocycles. The van der Waals surface area contributed by atoms with Crippen LogP contribution >= 0.6 is 11.8 Å². The molecule has 4 nitrogen and oxygen atoms in total. The Morgan fingerprint density at radius 3 is 2.48 bits per heavy atom. The lowest BCUT2D eigenvalue weighted by molar-refractivity contribution is 0.0767. The lowest BCUT2D eigenvalue weighted by Gasteiger charge is -2.26. The number of fused-ring (bicyclic) bond motifs is 1. The topological polar surface area (TPSA) is 45.2 Å². The van der Waals surface area contributed by atoms with E-state index in [0.717, 1.165) is 46.9 Å². The van der Waals surface area contributed by atoms with Crippen molar-refractivity contribution in [2.45, 2.75) is 13.8 Å². The van der Waals surface area contributed by atoms with Gasteiger partial charge < -0.3 is 10.2 Å². The highest BCUT2D eigenvalue weighted by molar-refractivity contribution is 7.99. The summed E-state index contributed by atoms with van der Waals surface area (Å²) in [7, 11) is 0. The first kappa shape index (κ1) is 17.9. The first-order chi connectivity index (χ1) is 13.1. The molecule has 1 aliphatic heterocycles. The van der Waals surface area contributed by atoms with Crippen molar-refractivity contribution < 1.29 is 4.79 Å². The van der Waals surface area contributed by atoms with Crippen LogP contribution in [0.2, 0.25) is 0 Å². The average Bonchev–Trinajstić information content (AvgIpc) is 2.67. The Bertz CT molecular complexity index is 976. The molecule has 0 aliphatic carbocycles. The lowest BCUT2D eigenvalue weighted by Crippen LogP contribution is -2.38. The monoisotopic (exact) mass is 377 g/mol. The number of rotatable bonds is 3. The van der Waals surface area contributed by atoms with Gasteiger partial charge in [0, 0.05) is 35.7 Å². The number of thioether (sulfide) groups is 1. The molecule has 0 spiro atoms. The molecular weight excluding hydrogens is 354 g/mol. The third-order valence-corrected chi connectivity index (χ3v) is 5.68. The largest absolute Gasteiger partial charge is 0.355 e. The van der Waals surface area contributed by atoms with Crippen LogP contribution in [0.15, 0.2) is 48.5 Å². The molecule has 3 aromatic rings. The number of pyridine rings is 1. The number of aryl methyl sites for hydroxylation is 2. The normalized spacial score (nSPS) is 14.4. The number of hydrogen-bond acceptors (Lipinski definition) is 4. The van der Waals surface area contributed by atoms with Crippen LogP contribution in [0.3, 0.4) is 0 Å². The summed E-state index contributed by atoms with van der Waals surface area (Å²) in [6.07, 6.45) is 0. The van der Waals surface area contributed by atoms with Crippen LogP contribution in [0.25, 0.3) is 10.9 Å². The molecule has 1 fully saturated rings. The van der Waals surface area contributed by atoms with Gasteiger partial charge in [-0.2, -0.15) is 11.8 Å². The predicted molar refractivity (Wildman–Crippen MR) is 114 cm³/mol. The minimum absolute atomic E-state index is 0.0181. The van der Waals surface area contributed by atoms with Gasteiger partial charge in [0.05, 0.1) is 11.2 Å². The first-order valence-electron chi connectivity index (χ1n) is 9.22. The van der Waals surface area contributed by atoms with E-state index in [1.54, 1.807) is 0 Å². The third-order valence-electron chi connectivity index (χ3n) is 4.73. The van der Waals surface area contributed by atoms with Gasteiger partial charge in [-0.15, -0.1) is 0 Å². The molecule has 27 heavy (non-hydrogen) atoms. The van der Waals surface area contributed by atoms with Crippen LogP contribution < -0.4 is 5.32 Å². The van der Waals surface area contributed by atoms with Crippen LogP contribution in [0.1, 0.15) is 21.6 Å². The van der Waals surface area contributed by atoms with E-state index in [1.165, 1.54) is 11.1 Å². The van der Waals surface area contributed by atoms with Crippen molar-refractivity contribution in [2.75, 3.05) is 29.9 Å². The predicted octanol–water partition coefficient (Wildman–Crippen LogP) is 4.78. The highest BCUT2D eigenvalue weighted by Gasteiger charge is 2.21.